The van der Waals surface area contributed by atoms with Gasteiger partial charge in [0.25, 0.3) is 0 Å². The van der Waals surface area contributed by atoms with Crippen molar-refractivity contribution < 1.29 is 9.50 Å². The number of aliphatic hydroxyl groups excluding tert-OH is 1. The second-order valence-electron chi connectivity index (χ2n) is 5.95. The van der Waals surface area contributed by atoms with Crippen LogP contribution in [-0.2, 0) is 7.05 Å². The summed E-state index contributed by atoms with van der Waals surface area (Å²) < 4.78 is 16.2. The highest BCUT2D eigenvalue weighted by molar-refractivity contribution is 5.91. The molecule has 0 radical (unpaired) electrons. The van der Waals surface area contributed by atoms with Crippen molar-refractivity contribution in [1.82, 2.24) is 24.5 Å². The van der Waals surface area contributed by atoms with Gasteiger partial charge in [0.15, 0.2) is 17.5 Å². The van der Waals surface area contributed by atoms with Crippen LogP contribution < -0.4 is 4.90 Å². The smallest absolute Gasteiger partial charge is 0.183 e. The van der Waals surface area contributed by atoms with Gasteiger partial charge in [-0.3, -0.25) is 0 Å². The van der Waals surface area contributed by atoms with Crippen LogP contribution in [0.4, 0.5) is 10.2 Å². The largest absolute Gasteiger partial charge is 0.394 e. The maximum absolute atomic E-state index is 14.3. The molecule has 3 aromatic heterocycles. The standard InChI is InChI=1S/C16H17FN6O/c1-22-7-12(11-5-18-9-20-15(11)22)14-19-6-13(17)16(21-14)23-4-2-3-10(23)8-24/h5-7,9-10,24H,2-4,8H2,1H3/t10-/m0/s1. The van der Waals surface area contributed by atoms with E-state index in [0.29, 0.717) is 12.4 Å². The van der Waals surface area contributed by atoms with Crippen LogP contribution in [0.3, 0.4) is 0 Å². The predicted octanol–water partition coefficient (Wildman–Crippen LogP) is 1.53. The molecule has 0 saturated carbocycles. The summed E-state index contributed by atoms with van der Waals surface area (Å²) in [5.74, 6) is 0.191. The lowest BCUT2D eigenvalue weighted by molar-refractivity contribution is 0.265. The average molecular weight is 328 g/mol. The second kappa shape index (κ2) is 5.79. The monoisotopic (exact) mass is 328 g/mol. The van der Waals surface area contributed by atoms with E-state index >= 15 is 0 Å². The van der Waals surface area contributed by atoms with Gasteiger partial charge < -0.3 is 14.6 Å². The molecule has 1 saturated heterocycles. The molecule has 1 fully saturated rings. The molecule has 24 heavy (non-hydrogen) atoms. The molecule has 0 aliphatic carbocycles. The summed E-state index contributed by atoms with van der Waals surface area (Å²) in [6.07, 6.45) is 7.98. The number of anilines is 1. The van der Waals surface area contributed by atoms with Gasteiger partial charge >= 0.3 is 0 Å². The first-order valence-corrected chi connectivity index (χ1v) is 7.84. The third kappa shape index (κ3) is 2.30. The van der Waals surface area contributed by atoms with Gasteiger partial charge in [-0.25, -0.2) is 24.3 Å². The number of hydrogen-bond acceptors (Lipinski definition) is 6. The first-order chi connectivity index (χ1) is 11.7. The lowest BCUT2D eigenvalue weighted by Crippen LogP contribution is -2.33. The van der Waals surface area contributed by atoms with Gasteiger partial charge in [-0.1, -0.05) is 0 Å². The van der Waals surface area contributed by atoms with Crippen molar-refractivity contribution >= 4 is 16.9 Å². The van der Waals surface area contributed by atoms with Crippen molar-refractivity contribution in [2.45, 2.75) is 18.9 Å². The molecule has 7 nitrogen and oxygen atoms in total. The van der Waals surface area contributed by atoms with Crippen molar-refractivity contribution in [2.75, 3.05) is 18.1 Å². The fourth-order valence-corrected chi connectivity index (χ4v) is 3.29. The number of hydrogen-bond donors (Lipinski definition) is 1. The summed E-state index contributed by atoms with van der Waals surface area (Å²) in [4.78, 5) is 18.7. The molecule has 1 aliphatic rings. The van der Waals surface area contributed by atoms with Crippen molar-refractivity contribution in [3.8, 4) is 11.4 Å². The summed E-state index contributed by atoms with van der Waals surface area (Å²) in [5, 5.41) is 10.3. The Labute approximate surface area is 137 Å². The van der Waals surface area contributed by atoms with Crippen LogP contribution in [0.5, 0.6) is 0 Å². The topological polar surface area (TPSA) is 80.0 Å². The van der Waals surface area contributed by atoms with E-state index in [1.165, 1.54) is 12.5 Å². The summed E-state index contributed by atoms with van der Waals surface area (Å²) in [6.45, 7) is 0.665. The third-order valence-corrected chi connectivity index (χ3v) is 4.46. The lowest BCUT2D eigenvalue weighted by Gasteiger charge is -2.24. The van der Waals surface area contributed by atoms with E-state index in [0.717, 1.165) is 29.4 Å². The van der Waals surface area contributed by atoms with E-state index < -0.39 is 5.82 Å². The summed E-state index contributed by atoms with van der Waals surface area (Å²) >= 11 is 0. The summed E-state index contributed by atoms with van der Waals surface area (Å²) in [5.41, 5.74) is 1.53. The number of halogens is 1. The Morgan fingerprint density at radius 3 is 3.04 bits per heavy atom. The van der Waals surface area contributed by atoms with Crippen molar-refractivity contribution in [1.29, 1.82) is 0 Å². The van der Waals surface area contributed by atoms with Crippen LogP contribution in [0.25, 0.3) is 22.4 Å². The molecule has 0 spiro atoms. The zero-order chi connectivity index (χ0) is 16.7. The minimum Gasteiger partial charge on any atom is -0.394 e. The molecule has 124 valence electrons. The van der Waals surface area contributed by atoms with E-state index in [1.54, 1.807) is 6.20 Å². The molecular weight excluding hydrogens is 311 g/mol. The van der Waals surface area contributed by atoms with E-state index in [4.69, 9.17) is 0 Å². The van der Waals surface area contributed by atoms with Crippen molar-refractivity contribution in [3.63, 3.8) is 0 Å². The second-order valence-corrected chi connectivity index (χ2v) is 5.95. The Hall–Kier alpha value is -2.61. The average Bonchev–Trinajstić information content (AvgIpc) is 3.20. The van der Waals surface area contributed by atoms with Crippen molar-refractivity contribution in [3.05, 3.63) is 30.7 Å². The number of aryl methyl sites for hydroxylation is 1. The number of fused-ring (bicyclic) bond motifs is 1. The van der Waals surface area contributed by atoms with Crippen molar-refractivity contribution in [2.24, 2.45) is 7.05 Å². The molecule has 1 aliphatic heterocycles. The molecule has 0 aromatic carbocycles. The molecule has 4 heterocycles. The number of aliphatic hydroxyl groups is 1. The highest BCUT2D eigenvalue weighted by atomic mass is 19.1. The Morgan fingerprint density at radius 1 is 1.33 bits per heavy atom. The highest BCUT2D eigenvalue weighted by Crippen LogP contribution is 2.30. The van der Waals surface area contributed by atoms with Crippen LogP contribution in [-0.4, -0.2) is 48.8 Å². The molecule has 0 amide bonds. The molecule has 1 atom stereocenters. The van der Waals surface area contributed by atoms with Gasteiger partial charge in [0.1, 0.15) is 12.0 Å². The number of aromatic nitrogens is 5. The fraction of sp³-hybridized carbons (Fsp3) is 0.375. The van der Waals surface area contributed by atoms with Crippen LogP contribution in [0.2, 0.25) is 0 Å². The quantitative estimate of drug-likeness (QED) is 0.785. The van der Waals surface area contributed by atoms with Gasteiger partial charge in [0.05, 0.1) is 18.8 Å². The lowest BCUT2D eigenvalue weighted by atomic mass is 10.2. The van der Waals surface area contributed by atoms with Crippen LogP contribution in [0.15, 0.2) is 24.9 Å². The minimum absolute atomic E-state index is 0.0130. The molecule has 4 rings (SSSR count). The van der Waals surface area contributed by atoms with Crippen LogP contribution in [0, 0.1) is 5.82 Å². The number of nitrogens with zero attached hydrogens (tertiary/aromatic N) is 6. The molecule has 0 unspecified atom stereocenters. The van der Waals surface area contributed by atoms with E-state index in [1.807, 2.05) is 22.7 Å². The molecule has 1 N–H and O–H groups in total. The third-order valence-electron chi connectivity index (χ3n) is 4.46. The van der Waals surface area contributed by atoms with E-state index in [-0.39, 0.29) is 18.5 Å². The Kier molecular flexibility index (Phi) is 3.61. The first kappa shape index (κ1) is 14.9. The van der Waals surface area contributed by atoms with Crippen LogP contribution in [0.1, 0.15) is 12.8 Å². The highest BCUT2D eigenvalue weighted by Gasteiger charge is 2.28. The van der Waals surface area contributed by atoms with E-state index in [9.17, 15) is 9.50 Å². The SMILES string of the molecule is Cn1cc(-c2ncc(F)c(N3CCC[C@H]3CO)n2)c2cncnc21. The van der Waals surface area contributed by atoms with Gasteiger partial charge in [0, 0.05) is 36.9 Å². The van der Waals surface area contributed by atoms with E-state index in [2.05, 4.69) is 19.9 Å². The molecule has 8 heteroatoms. The molecular formula is C16H17FN6O. The Morgan fingerprint density at radius 2 is 2.21 bits per heavy atom. The summed E-state index contributed by atoms with van der Waals surface area (Å²) in [6, 6.07) is -0.0990. The zero-order valence-corrected chi connectivity index (χ0v) is 13.2. The molecule has 0 bridgehead atoms. The summed E-state index contributed by atoms with van der Waals surface area (Å²) in [7, 11) is 1.88. The first-order valence-electron chi connectivity index (χ1n) is 7.84. The number of rotatable bonds is 3. The van der Waals surface area contributed by atoms with Gasteiger partial charge in [-0.2, -0.15) is 0 Å². The van der Waals surface area contributed by atoms with Gasteiger partial charge in [0.2, 0.25) is 0 Å². The predicted molar refractivity (Wildman–Crippen MR) is 86.9 cm³/mol. The zero-order valence-electron chi connectivity index (χ0n) is 13.2. The Bertz CT molecular complexity index is 895. The van der Waals surface area contributed by atoms with Crippen LogP contribution >= 0.6 is 0 Å². The van der Waals surface area contributed by atoms with Gasteiger partial charge in [-0.15, -0.1) is 0 Å². The normalized spacial score (nSPS) is 17.8. The molecule has 3 aromatic rings. The maximum Gasteiger partial charge on any atom is 0.183 e. The maximum atomic E-state index is 14.3. The fourth-order valence-electron chi connectivity index (χ4n) is 3.29. The Balaban J connectivity index is 1.83. The van der Waals surface area contributed by atoms with Gasteiger partial charge in [-0.05, 0) is 12.8 Å². The minimum atomic E-state index is -0.476.